The summed E-state index contributed by atoms with van der Waals surface area (Å²) in [6, 6.07) is 10.4. The molecule has 1 N–H and O–H groups in total. The molecule has 0 saturated heterocycles. The molecular formula is C14H10FN3O2. The minimum absolute atomic E-state index is 0.0472. The predicted molar refractivity (Wildman–Crippen MR) is 72.2 cm³/mol. The number of benzene rings is 2. The van der Waals surface area contributed by atoms with Crippen LogP contribution in [0, 0.1) is 34.2 Å². The quantitative estimate of drug-likeness (QED) is 0.682. The van der Waals surface area contributed by atoms with E-state index in [-0.39, 0.29) is 17.1 Å². The highest BCUT2D eigenvalue weighted by Gasteiger charge is 2.14. The summed E-state index contributed by atoms with van der Waals surface area (Å²) in [5.41, 5.74) is 1.16. The maximum atomic E-state index is 13.4. The molecule has 100 valence electrons. The third kappa shape index (κ3) is 2.57. The van der Waals surface area contributed by atoms with Crippen LogP contribution in [0.3, 0.4) is 0 Å². The van der Waals surface area contributed by atoms with E-state index in [4.69, 9.17) is 5.26 Å². The van der Waals surface area contributed by atoms with Crippen LogP contribution >= 0.6 is 0 Å². The van der Waals surface area contributed by atoms with Crippen LogP contribution in [-0.2, 0) is 0 Å². The Morgan fingerprint density at radius 1 is 1.35 bits per heavy atom. The molecular weight excluding hydrogens is 261 g/mol. The summed E-state index contributed by atoms with van der Waals surface area (Å²) in [7, 11) is 0. The third-order valence-corrected chi connectivity index (χ3v) is 2.86. The van der Waals surface area contributed by atoms with Crippen LogP contribution in [0.15, 0.2) is 36.4 Å². The molecule has 0 fully saturated rings. The number of nitrogens with zero attached hydrogens (tertiary/aromatic N) is 2. The molecule has 0 aliphatic rings. The molecule has 0 aliphatic heterocycles. The lowest BCUT2D eigenvalue weighted by Crippen LogP contribution is -1.97. The number of hydrogen-bond acceptors (Lipinski definition) is 4. The molecule has 0 spiro atoms. The Morgan fingerprint density at radius 3 is 2.75 bits per heavy atom. The Hall–Kier alpha value is -2.94. The molecule has 0 bridgehead atoms. The Bertz CT molecular complexity index is 723. The van der Waals surface area contributed by atoms with Crippen molar-refractivity contribution >= 4 is 17.1 Å². The summed E-state index contributed by atoms with van der Waals surface area (Å²) in [6.45, 7) is 1.62. The van der Waals surface area contributed by atoms with Crippen molar-refractivity contribution < 1.29 is 9.31 Å². The van der Waals surface area contributed by atoms with Gasteiger partial charge in [0.05, 0.1) is 4.92 Å². The van der Waals surface area contributed by atoms with Crippen molar-refractivity contribution in [3.63, 3.8) is 0 Å². The van der Waals surface area contributed by atoms with Crippen molar-refractivity contribution in [3.05, 3.63) is 63.5 Å². The lowest BCUT2D eigenvalue weighted by atomic mass is 10.1. The molecule has 6 heteroatoms. The minimum Gasteiger partial charge on any atom is -0.355 e. The van der Waals surface area contributed by atoms with Gasteiger partial charge in [-0.2, -0.15) is 5.26 Å². The average Bonchev–Trinajstić information content (AvgIpc) is 2.43. The average molecular weight is 271 g/mol. The molecule has 0 saturated carbocycles. The van der Waals surface area contributed by atoms with Gasteiger partial charge in [-0.05, 0) is 31.2 Å². The fraction of sp³-hybridized carbons (Fsp3) is 0.0714. The summed E-state index contributed by atoms with van der Waals surface area (Å²) in [5.74, 6) is -0.350. The second-order valence-electron chi connectivity index (χ2n) is 4.14. The van der Waals surface area contributed by atoms with Gasteiger partial charge in [0, 0.05) is 23.0 Å². The first-order chi connectivity index (χ1) is 9.52. The first-order valence-electron chi connectivity index (χ1n) is 5.73. The van der Waals surface area contributed by atoms with Crippen LogP contribution in [0.25, 0.3) is 0 Å². The number of anilines is 2. The van der Waals surface area contributed by atoms with E-state index in [2.05, 4.69) is 5.32 Å². The molecule has 20 heavy (non-hydrogen) atoms. The second kappa shape index (κ2) is 5.36. The van der Waals surface area contributed by atoms with Crippen LogP contribution in [0.5, 0.6) is 0 Å². The number of halogens is 1. The van der Waals surface area contributed by atoms with Crippen LogP contribution in [0.2, 0.25) is 0 Å². The van der Waals surface area contributed by atoms with E-state index in [1.54, 1.807) is 25.1 Å². The third-order valence-electron chi connectivity index (χ3n) is 2.86. The van der Waals surface area contributed by atoms with Gasteiger partial charge in [-0.15, -0.1) is 0 Å². The molecule has 2 rings (SSSR count). The van der Waals surface area contributed by atoms with E-state index < -0.39 is 4.92 Å². The Kier molecular flexibility index (Phi) is 3.62. The molecule has 0 aromatic heterocycles. The van der Waals surface area contributed by atoms with Crippen molar-refractivity contribution in [2.24, 2.45) is 0 Å². The standard InChI is InChI=1S/C14H10FN3O2/c1-9-12(15)3-2-4-13(9)17-11-5-6-14(18(19)20)10(7-11)8-16/h2-7,17H,1H3. The van der Waals surface area contributed by atoms with Crippen LogP contribution in [0.1, 0.15) is 11.1 Å². The van der Waals surface area contributed by atoms with Gasteiger partial charge in [-0.25, -0.2) is 4.39 Å². The summed E-state index contributed by atoms with van der Waals surface area (Å²) in [4.78, 5) is 10.1. The van der Waals surface area contributed by atoms with Gasteiger partial charge in [0.15, 0.2) is 0 Å². The SMILES string of the molecule is Cc1c(F)cccc1Nc1ccc([N+](=O)[O-])c(C#N)c1. The lowest BCUT2D eigenvalue weighted by Gasteiger charge is -2.10. The topological polar surface area (TPSA) is 79.0 Å². The van der Waals surface area contributed by atoms with Crippen molar-refractivity contribution in [2.75, 3.05) is 5.32 Å². The van der Waals surface area contributed by atoms with Gasteiger partial charge in [-0.1, -0.05) is 6.07 Å². The summed E-state index contributed by atoms with van der Waals surface area (Å²) >= 11 is 0. The second-order valence-corrected chi connectivity index (χ2v) is 4.14. The van der Waals surface area contributed by atoms with E-state index in [0.717, 1.165) is 0 Å². The Balaban J connectivity index is 2.38. The minimum atomic E-state index is -0.615. The number of nitriles is 1. The molecule has 0 atom stereocenters. The summed E-state index contributed by atoms with van der Waals surface area (Å²) in [6.07, 6.45) is 0. The van der Waals surface area contributed by atoms with Crippen molar-refractivity contribution in [1.29, 1.82) is 5.26 Å². The van der Waals surface area contributed by atoms with Gasteiger partial charge in [0.2, 0.25) is 0 Å². The summed E-state index contributed by atoms with van der Waals surface area (Å²) < 4.78 is 13.4. The van der Waals surface area contributed by atoms with Crippen molar-refractivity contribution in [1.82, 2.24) is 0 Å². The van der Waals surface area contributed by atoms with E-state index in [0.29, 0.717) is 16.9 Å². The van der Waals surface area contributed by atoms with Gasteiger partial charge >= 0.3 is 0 Å². The molecule has 0 heterocycles. The number of hydrogen-bond donors (Lipinski definition) is 1. The molecule has 0 amide bonds. The predicted octanol–water partition coefficient (Wildman–Crippen LogP) is 3.66. The first-order valence-corrected chi connectivity index (χ1v) is 5.73. The van der Waals surface area contributed by atoms with Crippen LogP contribution < -0.4 is 5.32 Å². The first kappa shape index (κ1) is 13.5. The van der Waals surface area contributed by atoms with E-state index >= 15 is 0 Å². The van der Waals surface area contributed by atoms with E-state index in [1.165, 1.54) is 24.3 Å². The molecule has 0 unspecified atom stereocenters. The fourth-order valence-electron chi connectivity index (χ4n) is 1.76. The normalized spacial score (nSPS) is 9.85. The highest BCUT2D eigenvalue weighted by atomic mass is 19.1. The van der Waals surface area contributed by atoms with Crippen molar-refractivity contribution in [2.45, 2.75) is 6.92 Å². The molecule has 5 nitrogen and oxygen atoms in total. The molecule has 0 radical (unpaired) electrons. The molecule has 2 aromatic rings. The van der Waals surface area contributed by atoms with Crippen LogP contribution in [0.4, 0.5) is 21.5 Å². The van der Waals surface area contributed by atoms with Gasteiger partial charge in [0.25, 0.3) is 5.69 Å². The van der Waals surface area contributed by atoms with Gasteiger partial charge in [-0.3, -0.25) is 10.1 Å². The largest absolute Gasteiger partial charge is 0.355 e. The number of nitro groups is 1. The number of nitro benzene ring substituents is 1. The zero-order valence-electron chi connectivity index (χ0n) is 10.6. The zero-order valence-corrected chi connectivity index (χ0v) is 10.6. The number of nitrogens with one attached hydrogen (secondary N) is 1. The van der Waals surface area contributed by atoms with Gasteiger partial charge in [0.1, 0.15) is 17.4 Å². The summed E-state index contributed by atoms with van der Waals surface area (Å²) in [5, 5.41) is 22.6. The highest BCUT2D eigenvalue weighted by molar-refractivity contribution is 5.67. The highest BCUT2D eigenvalue weighted by Crippen LogP contribution is 2.26. The van der Waals surface area contributed by atoms with Gasteiger partial charge < -0.3 is 5.32 Å². The van der Waals surface area contributed by atoms with Crippen molar-refractivity contribution in [3.8, 4) is 6.07 Å². The van der Waals surface area contributed by atoms with E-state index in [9.17, 15) is 14.5 Å². The monoisotopic (exact) mass is 271 g/mol. The Labute approximate surface area is 114 Å². The molecule has 0 aliphatic carbocycles. The molecule has 2 aromatic carbocycles. The maximum Gasteiger partial charge on any atom is 0.287 e. The smallest absolute Gasteiger partial charge is 0.287 e. The Morgan fingerprint density at radius 2 is 2.10 bits per heavy atom. The zero-order chi connectivity index (χ0) is 14.7. The van der Waals surface area contributed by atoms with E-state index in [1.807, 2.05) is 0 Å². The fourth-order valence-corrected chi connectivity index (χ4v) is 1.76. The lowest BCUT2D eigenvalue weighted by molar-refractivity contribution is -0.385. The van der Waals surface area contributed by atoms with Crippen LogP contribution in [-0.4, -0.2) is 4.92 Å². The number of rotatable bonds is 3. The maximum absolute atomic E-state index is 13.4.